The van der Waals surface area contributed by atoms with Crippen molar-refractivity contribution in [3.8, 4) is 0 Å². The zero-order valence-corrected chi connectivity index (χ0v) is 10.9. The second-order valence-electron chi connectivity index (χ2n) is 4.34. The first-order valence-electron chi connectivity index (χ1n) is 6.29. The molecule has 2 aromatic rings. The number of aromatic amines is 1. The van der Waals surface area contributed by atoms with Gasteiger partial charge >= 0.3 is 0 Å². The van der Waals surface area contributed by atoms with Crippen LogP contribution in [0, 0.1) is 0 Å². The van der Waals surface area contributed by atoms with Crippen LogP contribution in [0.4, 0.5) is 0 Å². The summed E-state index contributed by atoms with van der Waals surface area (Å²) in [5.41, 5.74) is 1.09. The zero-order chi connectivity index (χ0) is 13.5. The van der Waals surface area contributed by atoms with E-state index >= 15 is 0 Å². The van der Waals surface area contributed by atoms with Gasteiger partial charge in [-0.1, -0.05) is 30.3 Å². The summed E-state index contributed by atoms with van der Waals surface area (Å²) in [5, 5.41) is 6.01. The van der Waals surface area contributed by atoms with Crippen LogP contribution in [0.5, 0.6) is 0 Å². The lowest BCUT2D eigenvalue weighted by Crippen LogP contribution is -2.41. The summed E-state index contributed by atoms with van der Waals surface area (Å²) in [4.78, 5) is 18.9. The molecule has 0 aliphatic carbocycles. The molecule has 0 bridgehead atoms. The topological polar surface area (TPSA) is 69.8 Å². The number of hydrogen-bond acceptors (Lipinski definition) is 3. The van der Waals surface area contributed by atoms with Gasteiger partial charge in [-0.25, -0.2) is 4.98 Å². The number of rotatable bonds is 6. The van der Waals surface area contributed by atoms with Crippen LogP contribution >= 0.6 is 0 Å². The standard InChI is InChI=1S/C14H18N4O/c1-11(17-10-13-15-7-8-16-13)14(19)18-9-12-5-3-2-4-6-12/h2-8,11,17H,9-10H2,1H3,(H,15,16)(H,18,19). The Morgan fingerprint density at radius 2 is 2.11 bits per heavy atom. The van der Waals surface area contributed by atoms with Crippen molar-refractivity contribution in [3.05, 3.63) is 54.1 Å². The molecule has 1 aromatic heterocycles. The molecule has 0 radical (unpaired) electrons. The van der Waals surface area contributed by atoms with Crippen LogP contribution in [0.1, 0.15) is 18.3 Å². The highest BCUT2D eigenvalue weighted by molar-refractivity contribution is 5.81. The molecule has 0 saturated heterocycles. The fourth-order valence-electron chi connectivity index (χ4n) is 1.68. The molecular formula is C14H18N4O. The number of aromatic nitrogens is 2. The van der Waals surface area contributed by atoms with E-state index in [9.17, 15) is 4.79 Å². The van der Waals surface area contributed by atoms with Crippen LogP contribution in [0.15, 0.2) is 42.7 Å². The predicted molar refractivity (Wildman–Crippen MR) is 73.2 cm³/mol. The number of nitrogens with one attached hydrogen (secondary N) is 3. The fraction of sp³-hybridized carbons (Fsp3) is 0.286. The van der Waals surface area contributed by atoms with E-state index in [1.165, 1.54) is 0 Å². The number of carbonyl (C=O) groups is 1. The van der Waals surface area contributed by atoms with Crippen LogP contribution in [0.2, 0.25) is 0 Å². The minimum absolute atomic E-state index is 0.0181. The third kappa shape index (κ3) is 4.22. The highest BCUT2D eigenvalue weighted by atomic mass is 16.2. The van der Waals surface area contributed by atoms with Crippen molar-refractivity contribution in [3.63, 3.8) is 0 Å². The average Bonchev–Trinajstić information content (AvgIpc) is 2.96. The Hall–Kier alpha value is -2.14. The molecule has 0 aliphatic heterocycles. The monoisotopic (exact) mass is 258 g/mol. The van der Waals surface area contributed by atoms with Gasteiger partial charge in [0.2, 0.25) is 5.91 Å². The molecule has 2 rings (SSSR count). The van der Waals surface area contributed by atoms with Crippen molar-refractivity contribution in [2.75, 3.05) is 0 Å². The van der Waals surface area contributed by atoms with Gasteiger partial charge in [-0.3, -0.25) is 10.1 Å². The second kappa shape index (κ2) is 6.70. The fourth-order valence-corrected chi connectivity index (χ4v) is 1.68. The largest absolute Gasteiger partial charge is 0.351 e. The normalized spacial score (nSPS) is 12.1. The van der Waals surface area contributed by atoms with Gasteiger partial charge in [0.05, 0.1) is 12.6 Å². The first-order chi connectivity index (χ1) is 9.25. The lowest BCUT2D eigenvalue weighted by atomic mass is 10.2. The van der Waals surface area contributed by atoms with E-state index in [4.69, 9.17) is 0 Å². The van der Waals surface area contributed by atoms with E-state index in [-0.39, 0.29) is 11.9 Å². The summed E-state index contributed by atoms with van der Waals surface area (Å²) in [6.07, 6.45) is 3.45. The quantitative estimate of drug-likeness (QED) is 0.729. The van der Waals surface area contributed by atoms with E-state index in [1.54, 1.807) is 12.4 Å². The number of nitrogens with zero attached hydrogens (tertiary/aromatic N) is 1. The van der Waals surface area contributed by atoms with E-state index < -0.39 is 0 Å². The first kappa shape index (κ1) is 13.3. The molecule has 1 heterocycles. The maximum absolute atomic E-state index is 11.9. The Labute approximate surface area is 112 Å². The molecule has 1 atom stereocenters. The Bertz CT molecular complexity index is 495. The molecule has 0 aliphatic rings. The van der Waals surface area contributed by atoms with Gasteiger partial charge in [-0.2, -0.15) is 0 Å². The highest BCUT2D eigenvalue weighted by Crippen LogP contribution is 1.97. The maximum atomic E-state index is 11.9. The third-order valence-electron chi connectivity index (χ3n) is 2.83. The van der Waals surface area contributed by atoms with E-state index in [1.807, 2.05) is 37.3 Å². The molecule has 19 heavy (non-hydrogen) atoms. The maximum Gasteiger partial charge on any atom is 0.237 e. The van der Waals surface area contributed by atoms with E-state index in [2.05, 4.69) is 20.6 Å². The van der Waals surface area contributed by atoms with Crippen molar-refractivity contribution in [2.24, 2.45) is 0 Å². The lowest BCUT2D eigenvalue weighted by molar-refractivity contribution is -0.122. The first-order valence-corrected chi connectivity index (χ1v) is 6.29. The van der Waals surface area contributed by atoms with Crippen LogP contribution < -0.4 is 10.6 Å². The molecular weight excluding hydrogens is 240 g/mol. The Morgan fingerprint density at radius 3 is 2.79 bits per heavy atom. The number of imidazole rings is 1. The van der Waals surface area contributed by atoms with Crippen LogP contribution in [0.25, 0.3) is 0 Å². The average molecular weight is 258 g/mol. The summed E-state index contributed by atoms with van der Waals surface area (Å²) in [7, 11) is 0. The zero-order valence-electron chi connectivity index (χ0n) is 10.9. The molecule has 1 unspecified atom stereocenters. The molecule has 3 N–H and O–H groups in total. The second-order valence-corrected chi connectivity index (χ2v) is 4.34. The van der Waals surface area contributed by atoms with Gasteiger partial charge in [0.1, 0.15) is 5.82 Å². The lowest BCUT2D eigenvalue weighted by Gasteiger charge is -2.13. The smallest absolute Gasteiger partial charge is 0.237 e. The predicted octanol–water partition coefficient (Wildman–Crippen LogP) is 1.20. The van der Waals surface area contributed by atoms with Crippen LogP contribution in [-0.4, -0.2) is 21.9 Å². The van der Waals surface area contributed by atoms with Crippen molar-refractivity contribution >= 4 is 5.91 Å². The van der Waals surface area contributed by atoms with Crippen molar-refractivity contribution in [2.45, 2.75) is 26.1 Å². The van der Waals surface area contributed by atoms with Gasteiger partial charge in [-0.15, -0.1) is 0 Å². The number of carbonyl (C=O) groups excluding carboxylic acids is 1. The highest BCUT2D eigenvalue weighted by Gasteiger charge is 2.11. The molecule has 0 spiro atoms. The number of hydrogen-bond donors (Lipinski definition) is 3. The van der Waals surface area contributed by atoms with E-state index in [0.29, 0.717) is 13.1 Å². The molecule has 5 nitrogen and oxygen atoms in total. The number of amides is 1. The van der Waals surface area contributed by atoms with Gasteiger partial charge in [0.25, 0.3) is 0 Å². The van der Waals surface area contributed by atoms with Gasteiger partial charge in [-0.05, 0) is 12.5 Å². The van der Waals surface area contributed by atoms with Crippen molar-refractivity contribution in [1.29, 1.82) is 0 Å². The minimum atomic E-state index is -0.256. The molecule has 1 aromatic carbocycles. The Kier molecular flexibility index (Phi) is 4.69. The Balaban J connectivity index is 1.73. The Morgan fingerprint density at radius 1 is 1.32 bits per heavy atom. The van der Waals surface area contributed by atoms with Crippen LogP contribution in [-0.2, 0) is 17.9 Å². The summed E-state index contributed by atoms with van der Waals surface area (Å²) >= 11 is 0. The molecule has 5 heteroatoms. The van der Waals surface area contributed by atoms with Crippen molar-refractivity contribution in [1.82, 2.24) is 20.6 Å². The van der Waals surface area contributed by atoms with Gasteiger partial charge < -0.3 is 10.3 Å². The number of H-pyrrole nitrogens is 1. The van der Waals surface area contributed by atoms with Gasteiger partial charge in [0, 0.05) is 18.9 Å². The molecule has 1 amide bonds. The SMILES string of the molecule is CC(NCc1ncc[nH]1)C(=O)NCc1ccccc1. The molecule has 0 fully saturated rings. The summed E-state index contributed by atoms with van der Waals surface area (Å²) < 4.78 is 0. The molecule has 100 valence electrons. The van der Waals surface area contributed by atoms with E-state index in [0.717, 1.165) is 11.4 Å². The minimum Gasteiger partial charge on any atom is -0.351 e. The molecule has 0 saturated carbocycles. The number of benzene rings is 1. The van der Waals surface area contributed by atoms with Gasteiger partial charge in [0.15, 0.2) is 0 Å². The van der Waals surface area contributed by atoms with Crippen LogP contribution in [0.3, 0.4) is 0 Å². The summed E-state index contributed by atoms with van der Waals surface area (Å²) in [6.45, 7) is 2.93. The third-order valence-corrected chi connectivity index (χ3v) is 2.83. The summed E-state index contributed by atoms with van der Waals surface area (Å²) in [6, 6.07) is 9.59. The summed E-state index contributed by atoms with van der Waals surface area (Å²) in [5.74, 6) is 0.804. The van der Waals surface area contributed by atoms with Crippen molar-refractivity contribution < 1.29 is 4.79 Å².